The lowest BCUT2D eigenvalue weighted by Gasteiger charge is -2.25. The molecule has 3 rings (SSSR count). The number of esters is 1. The quantitative estimate of drug-likeness (QED) is 0.193. The summed E-state index contributed by atoms with van der Waals surface area (Å²) in [6.07, 6.45) is 0. The van der Waals surface area contributed by atoms with Crippen LogP contribution in [0.15, 0.2) is 101 Å². The van der Waals surface area contributed by atoms with Gasteiger partial charge in [0.15, 0.2) is 5.78 Å². The molecule has 0 bridgehead atoms. The second-order valence-corrected chi connectivity index (χ2v) is 9.46. The SMILES string of the molecule is CCOC(=O)/C(=N\N=P(c1ccccc1)(c1ccccc1)c1ccccc1)C(C)=O. The minimum Gasteiger partial charge on any atom is -0.461 e. The van der Waals surface area contributed by atoms with E-state index >= 15 is 0 Å². The maximum absolute atomic E-state index is 12.3. The number of hydrogen-bond acceptors (Lipinski definition) is 4. The number of carbonyl (C=O) groups excluding carboxylic acids is 2. The minimum absolute atomic E-state index is 0.154. The van der Waals surface area contributed by atoms with Crippen LogP contribution in [0, 0.1) is 0 Å². The number of ether oxygens (including phenoxy) is 1. The Labute approximate surface area is 176 Å². The zero-order valence-corrected chi connectivity index (χ0v) is 17.8. The second-order valence-electron chi connectivity index (χ2n) is 6.46. The van der Waals surface area contributed by atoms with Crippen LogP contribution in [-0.4, -0.2) is 24.1 Å². The van der Waals surface area contributed by atoms with Crippen molar-refractivity contribution in [1.29, 1.82) is 0 Å². The topological polar surface area (TPSA) is 68.1 Å². The number of hydrogen-bond donors (Lipinski definition) is 0. The van der Waals surface area contributed by atoms with Crippen LogP contribution < -0.4 is 15.9 Å². The minimum atomic E-state index is -2.63. The van der Waals surface area contributed by atoms with Gasteiger partial charge in [-0.15, -0.1) is 5.10 Å². The van der Waals surface area contributed by atoms with E-state index in [9.17, 15) is 9.59 Å². The highest BCUT2D eigenvalue weighted by Gasteiger charge is 2.28. The summed E-state index contributed by atoms with van der Waals surface area (Å²) in [5, 5.41) is 7.12. The fourth-order valence-electron chi connectivity index (χ4n) is 3.10. The van der Waals surface area contributed by atoms with Crippen molar-refractivity contribution >= 4 is 40.4 Å². The van der Waals surface area contributed by atoms with Gasteiger partial charge in [-0.1, -0.05) is 91.0 Å². The van der Waals surface area contributed by atoms with Crippen molar-refractivity contribution in [3.05, 3.63) is 91.0 Å². The van der Waals surface area contributed by atoms with Gasteiger partial charge < -0.3 is 4.74 Å². The summed E-state index contributed by atoms with van der Waals surface area (Å²) in [4.78, 5) is 29.2. The molecule has 30 heavy (non-hydrogen) atoms. The Kier molecular flexibility index (Phi) is 7.10. The average Bonchev–Trinajstić information content (AvgIpc) is 2.78. The van der Waals surface area contributed by atoms with E-state index in [2.05, 4.69) is 5.10 Å². The van der Waals surface area contributed by atoms with Gasteiger partial charge in [0.2, 0.25) is 5.71 Å². The van der Waals surface area contributed by atoms with E-state index < -0.39 is 18.8 Å². The van der Waals surface area contributed by atoms with Crippen LogP contribution in [-0.2, 0) is 14.3 Å². The average molecular weight is 418 g/mol. The summed E-state index contributed by atoms with van der Waals surface area (Å²) in [5.41, 5.74) is -0.302. The highest BCUT2D eigenvalue weighted by atomic mass is 31.2. The molecule has 0 fully saturated rings. The first-order valence-corrected chi connectivity index (χ1v) is 11.4. The zero-order valence-electron chi connectivity index (χ0n) is 16.9. The normalized spacial score (nSPS) is 11.6. The fraction of sp³-hybridized carbons (Fsp3) is 0.125. The molecule has 0 saturated heterocycles. The van der Waals surface area contributed by atoms with Crippen LogP contribution in [0.25, 0.3) is 0 Å². The van der Waals surface area contributed by atoms with Gasteiger partial charge in [-0.25, -0.2) is 4.79 Å². The van der Waals surface area contributed by atoms with Gasteiger partial charge in [-0.05, 0) is 6.92 Å². The van der Waals surface area contributed by atoms with Gasteiger partial charge in [0.1, 0.15) is 0 Å². The zero-order chi connectivity index (χ0) is 21.4. The summed E-state index contributed by atoms with van der Waals surface area (Å²) in [5.74, 6) is -1.24. The monoisotopic (exact) mass is 418 g/mol. The van der Waals surface area contributed by atoms with E-state index in [1.54, 1.807) is 6.92 Å². The molecule has 0 aliphatic carbocycles. The van der Waals surface area contributed by atoms with Gasteiger partial charge >= 0.3 is 5.97 Å². The van der Waals surface area contributed by atoms with Gasteiger partial charge in [-0.2, -0.15) is 4.85 Å². The van der Waals surface area contributed by atoms with Crippen LogP contribution in [0.1, 0.15) is 13.8 Å². The molecule has 0 N–H and O–H groups in total. The molecule has 0 radical (unpaired) electrons. The van der Waals surface area contributed by atoms with Crippen molar-refractivity contribution < 1.29 is 14.3 Å². The molecule has 0 unspecified atom stereocenters. The van der Waals surface area contributed by atoms with Gasteiger partial charge in [-0.3, -0.25) is 4.79 Å². The number of ketones is 1. The summed E-state index contributed by atoms with van der Waals surface area (Å²) < 4.78 is 5.01. The molecule has 0 atom stereocenters. The Morgan fingerprint density at radius 2 is 1.17 bits per heavy atom. The molecular weight excluding hydrogens is 395 g/mol. The molecule has 0 aliphatic heterocycles. The Hall–Kier alpha value is -3.30. The first-order chi connectivity index (χ1) is 14.6. The number of nitrogens with zero attached hydrogens (tertiary/aromatic N) is 2. The second kappa shape index (κ2) is 9.95. The molecule has 0 amide bonds. The smallest absolute Gasteiger partial charge is 0.362 e. The molecule has 0 aromatic heterocycles. The lowest BCUT2D eigenvalue weighted by Crippen LogP contribution is -2.26. The molecule has 5 nitrogen and oxygen atoms in total. The lowest BCUT2D eigenvalue weighted by atomic mass is 10.3. The van der Waals surface area contributed by atoms with Crippen LogP contribution in [0.4, 0.5) is 0 Å². The third-order valence-corrected chi connectivity index (χ3v) is 7.96. The maximum Gasteiger partial charge on any atom is 0.362 e. The number of benzene rings is 3. The maximum atomic E-state index is 12.3. The number of carbonyl (C=O) groups is 2. The van der Waals surface area contributed by atoms with Crippen molar-refractivity contribution in [2.24, 2.45) is 9.96 Å². The molecule has 0 heterocycles. The molecule has 6 heteroatoms. The van der Waals surface area contributed by atoms with E-state index in [1.165, 1.54) is 6.92 Å². The molecule has 3 aromatic carbocycles. The van der Waals surface area contributed by atoms with Gasteiger partial charge in [0, 0.05) is 22.8 Å². The van der Waals surface area contributed by atoms with Crippen LogP contribution >= 0.6 is 7.05 Å². The standard InChI is InChI=1S/C24H23N2O3P/c1-3-29-24(28)23(19(2)27)25-26-30(20-13-7-4-8-14-20,21-15-9-5-10-16-21)22-17-11-6-12-18-22/h4-18H,3H2,1-2H3/b25-23-. The third-order valence-electron chi connectivity index (χ3n) is 4.47. The highest BCUT2D eigenvalue weighted by molar-refractivity contribution is 7.87. The molecule has 0 aliphatic rings. The Morgan fingerprint density at radius 1 is 0.767 bits per heavy atom. The van der Waals surface area contributed by atoms with E-state index in [-0.39, 0.29) is 12.3 Å². The van der Waals surface area contributed by atoms with Crippen LogP contribution in [0.5, 0.6) is 0 Å². The first-order valence-electron chi connectivity index (χ1n) is 9.63. The van der Waals surface area contributed by atoms with Crippen molar-refractivity contribution in [2.45, 2.75) is 13.8 Å². The Bertz CT molecular complexity index is 992. The number of rotatable bonds is 7. The lowest BCUT2D eigenvalue weighted by molar-refractivity contribution is -0.135. The summed E-state index contributed by atoms with van der Waals surface area (Å²) >= 11 is 0. The molecular formula is C24H23N2O3P. The van der Waals surface area contributed by atoms with Gasteiger partial charge in [0.25, 0.3) is 0 Å². The third kappa shape index (κ3) is 4.47. The van der Waals surface area contributed by atoms with E-state index in [1.807, 2.05) is 91.0 Å². The summed E-state index contributed by atoms with van der Waals surface area (Å²) in [6, 6.07) is 29.6. The molecule has 0 spiro atoms. The Balaban J connectivity index is 2.39. The van der Waals surface area contributed by atoms with E-state index in [0.29, 0.717) is 0 Å². The molecule has 0 saturated carbocycles. The van der Waals surface area contributed by atoms with Crippen molar-refractivity contribution in [2.75, 3.05) is 6.61 Å². The highest BCUT2D eigenvalue weighted by Crippen LogP contribution is 2.46. The predicted octanol–water partition coefficient (Wildman–Crippen LogP) is 3.67. The van der Waals surface area contributed by atoms with Crippen molar-refractivity contribution in [3.63, 3.8) is 0 Å². The molecule has 152 valence electrons. The van der Waals surface area contributed by atoms with Crippen LogP contribution in [0.2, 0.25) is 0 Å². The predicted molar refractivity (Wildman–Crippen MR) is 122 cm³/mol. The van der Waals surface area contributed by atoms with Crippen LogP contribution in [0.3, 0.4) is 0 Å². The number of Topliss-reactive ketones (excluding diaryl/α,β-unsaturated/α-hetero) is 1. The van der Waals surface area contributed by atoms with E-state index in [4.69, 9.17) is 9.59 Å². The summed E-state index contributed by atoms with van der Waals surface area (Å²) in [6.45, 7) is 3.13. The molecule has 3 aromatic rings. The van der Waals surface area contributed by atoms with Gasteiger partial charge in [0.05, 0.1) is 13.7 Å². The largest absolute Gasteiger partial charge is 0.461 e. The Morgan fingerprint density at radius 3 is 1.50 bits per heavy atom. The van der Waals surface area contributed by atoms with E-state index in [0.717, 1.165) is 15.9 Å². The van der Waals surface area contributed by atoms with Crippen molar-refractivity contribution in [3.8, 4) is 0 Å². The van der Waals surface area contributed by atoms with Crippen molar-refractivity contribution in [1.82, 2.24) is 0 Å². The first kappa shape index (κ1) is 21.4. The summed E-state index contributed by atoms with van der Waals surface area (Å²) in [7, 11) is -2.63. The fourth-order valence-corrected chi connectivity index (χ4v) is 6.34.